The number of nitrogens with zero attached hydrogens (tertiary/aromatic N) is 2. The van der Waals surface area contributed by atoms with Gasteiger partial charge in [0.2, 0.25) is 0 Å². The lowest BCUT2D eigenvalue weighted by Gasteiger charge is -2.27. The van der Waals surface area contributed by atoms with Crippen molar-refractivity contribution in [3.8, 4) is 11.5 Å². The molecular formula is C21H25ClN2O6. The molecule has 8 nitrogen and oxygen atoms in total. The highest BCUT2D eigenvalue weighted by atomic mass is 35.5. The monoisotopic (exact) mass is 436 g/mol. The number of carbonyl (C=O) groups excluding carboxylic acids is 2. The minimum atomic E-state index is -0.793. The van der Waals surface area contributed by atoms with Crippen LogP contribution >= 0.6 is 11.6 Å². The molecule has 1 fully saturated rings. The summed E-state index contributed by atoms with van der Waals surface area (Å²) in [6.45, 7) is 5.47. The number of aromatic nitrogens is 1. The third kappa shape index (κ3) is 4.87. The Morgan fingerprint density at radius 3 is 2.57 bits per heavy atom. The van der Waals surface area contributed by atoms with Crippen LogP contribution in [0.1, 0.15) is 27.2 Å². The van der Waals surface area contributed by atoms with Crippen LogP contribution in [-0.4, -0.2) is 60.5 Å². The summed E-state index contributed by atoms with van der Waals surface area (Å²) >= 11 is 6.17. The number of esters is 1. The van der Waals surface area contributed by atoms with Crippen LogP contribution in [0, 0.1) is 0 Å². The molecule has 0 bridgehead atoms. The van der Waals surface area contributed by atoms with E-state index in [2.05, 4.69) is 4.98 Å². The first kappa shape index (κ1) is 22.0. The Hall–Kier alpha value is -2.74. The van der Waals surface area contributed by atoms with Crippen molar-refractivity contribution in [2.75, 3.05) is 20.8 Å². The molecule has 0 radical (unpaired) electrons. The summed E-state index contributed by atoms with van der Waals surface area (Å²) in [5, 5.41) is 1.00. The molecule has 3 rings (SSSR count). The second kappa shape index (κ2) is 8.55. The summed E-state index contributed by atoms with van der Waals surface area (Å²) in [6, 6.07) is 6.19. The van der Waals surface area contributed by atoms with Crippen molar-refractivity contribution in [1.82, 2.24) is 9.88 Å². The molecule has 2 unspecified atom stereocenters. The van der Waals surface area contributed by atoms with Gasteiger partial charge >= 0.3 is 12.1 Å². The van der Waals surface area contributed by atoms with Crippen LogP contribution in [0.5, 0.6) is 11.5 Å². The minimum absolute atomic E-state index is 0.173. The van der Waals surface area contributed by atoms with Crippen molar-refractivity contribution in [2.24, 2.45) is 0 Å². The third-order valence-corrected chi connectivity index (χ3v) is 4.80. The zero-order chi connectivity index (χ0) is 22.1. The molecule has 2 aromatic rings. The van der Waals surface area contributed by atoms with E-state index in [9.17, 15) is 9.59 Å². The van der Waals surface area contributed by atoms with E-state index >= 15 is 0 Å². The number of benzene rings is 1. The predicted molar refractivity (Wildman–Crippen MR) is 111 cm³/mol. The van der Waals surface area contributed by atoms with Crippen molar-refractivity contribution >= 4 is 34.6 Å². The van der Waals surface area contributed by atoms with Gasteiger partial charge in [0, 0.05) is 23.9 Å². The Kier molecular flexibility index (Phi) is 6.26. The zero-order valence-corrected chi connectivity index (χ0v) is 18.4. The quantitative estimate of drug-likeness (QED) is 0.531. The Morgan fingerprint density at radius 2 is 1.93 bits per heavy atom. The van der Waals surface area contributed by atoms with Crippen molar-refractivity contribution < 1.29 is 28.5 Å². The summed E-state index contributed by atoms with van der Waals surface area (Å²) < 4.78 is 21.7. The second-order valence-electron chi connectivity index (χ2n) is 7.97. The molecular weight excluding hydrogens is 412 g/mol. The summed E-state index contributed by atoms with van der Waals surface area (Å²) in [5.74, 6) is 0.632. The van der Waals surface area contributed by atoms with Crippen molar-refractivity contribution in [1.29, 1.82) is 0 Å². The summed E-state index contributed by atoms with van der Waals surface area (Å²) in [4.78, 5) is 30.5. The van der Waals surface area contributed by atoms with Crippen LogP contribution < -0.4 is 9.47 Å². The van der Waals surface area contributed by atoms with Gasteiger partial charge in [-0.15, -0.1) is 0 Å². The van der Waals surface area contributed by atoms with Crippen LogP contribution in [0.25, 0.3) is 10.9 Å². The van der Waals surface area contributed by atoms with Crippen molar-refractivity contribution in [3.05, 3.63) is 29.4 Å². The van der Waals surface area contributed by atoms with Crippen LogP contribution in [0.15, 0.2) is 24.3 Å². The van der Waals surface area contributed by atoms with E-state index in [1.165, 1.54) is 12.0 Å². The lowest BCUT2D eigenvalue weighted by Crippen LogP contribution is -2.44. The van der Waals surface area contributed by atoms with Crippen molar-refractivity contribution in [2.45, 2.75) is 44.9 Å². The van der Waals surface area contributed by atoms with Crippen LogP contribution in [0.3, 0.4) is 0 Å². The molecule has 2 atom stereocenters. The first-order valence-electron chi connectivity index (χ1n) is 9.49. The smallest absolute Gasteiger partial charge is 0.411 e. The number of hydrogen-bond acceptors (Lipinski definition) is 7. The largest absolute Gasteiger partial charge is 0.497 e. The summed E-state index contributed by atoms with van der Waals surface area (Å²) in [5.41, 5.74) is -0.0757. The highest BCUT2D eigenvalue weighted by Gasteiger charge is 2.43. The average molecular weight is 437 g/mol. The number of pyridine rings is 1. The van der Waals surface area contributed by atoms with E-state index in [0.717, 1.165) is 5.39 Å². The number of ether oxygens (including phenoxy) is 4. The Bertz CT molecular complexity index is 958. The number of rotatable bonds is 4. The zero-order valence-electron chi connectivity index (χ0n) is 17.6. The Labute approximate surface area is 180 Å². The number of likely N-dealkylation sites (tertiary alicyclic amines) is 1. The molecule has 0 saturated carbocycles. The SMILES string of the molecule is COC(=O)C1CC(Oc2cc(Cl)nc3cc(OC)ccc23)CN1C(=O)OC(C)(C)C. The van der Waals surface area contributed by atoms with Crippen LogP contribution in [-0.2, 0) is 14.3 Å². The molecule has 162 valence electrons. The molecule has 1 aromatic carbocycles. The van der Waals surface area contributed by atoms with Gasteiger partial charge in [-0.25, -0.2) is 14.6 Å². The maximum Gasteiger partial charge on any atom is 0.411 e. The molecule has 1 aliphatic rings. The number of amides is 1. The minimum Gasteiger partial charge on any atom is -0.497 e. The van der Waals surface area contributed by atoms with E-state index in [-0.39, 0.29) is 18.1 Å². The number of halogens is 1. The van der Waals surface area contributed by atoms with Crippen molar-refractivity contribution in [3.63, 3.8) is 0 Å². The Balaban J connectivity index is 1.86. The van der Waals surface area contributed by atoms with Gasteiger partial charge in [-0.1, -0.05) is 11.6 Å². The van der Waals surface area contributed by atoms with E-state index in [4.69, 9.17) is 30.5 Å². The van der Waals surface area contributed by atoms with Gasteiger partial charge in [0.15, 0.2) is 0 Å². The van der Waals surface area contributed by atoms with Gasteiger partial charge in [-0.2, -0.15) is 0 Å². The Morgan fingerprint density at radius 1 is 1.20 bits per heavy atom. The van der Waals surface area contributed by atoms with Gasteiger partial charge in [0.1, 0.15) is 34.4 Å². The van der Waals surface area contributed by atoms with E-state index in [1.54, 1.807) is 46.1 Å². The van der Waals surface area contributed by atoms with Crippen LogP contribution in [0.2, 0.25) is 5.15 Å². The van der Waals surface area contributed by atoms with Gasteiger partial charge in [0.25, 0.3) is 0 Å². The van der Waals surface area contributed by atoms with Gasteiger partial charge < -0.3 is 18.9 Å². The predicted octanol–water partition coefficient (Wildman–Crippen LogP) is 3.83. The second-order valence-corrected chi connectivity index (χ2v) is 8.36. The van der Waals surface area contributed by atoms with E-state index in [0.29, 0.717) is 17.0 Å². The standard InChI is InChI=1S/C21H25ClN2O6/c1-21(2,3)30-20(26)24-11-13(9-16(24)19(25)28-5)29-17-10-18(22)23-15-8-12(27-4)6-7-14(15)17/h6-8,10,13,16H,9,11H2,1-5H3. The van der Waals surface area contributed by atoms with Gasteiger partial charge in [0.05, 0.1) is 26.3 Å². The maximum absolute atomic E-state index is 12.6. The highest BCUT2D eigenvalue weighted by molar-refractivity contribution is 6.30. The maximum atomic E-state index is 12.6. The first-order valence-corrected chi connectivity index (χ1v) is 9.87. The topological polar surface area (TPSA) is 87.2 Å². The molecule has 0 spiro atoms. The third-order valence-electron chi connectivity index (χ3n) is 4.61. The summed E-state index contributed by atoms with van der Waals surface area (Å²) in [6.07, 6.45) is -0.777. The van der Waals surface area contributed by atoms with E-state index in [1.807, 2.05) is 6.07 Å². The average Bonchev–Trinajstić information content (AvgIpc) is 3.09. The van der Waals surface area contributed by atoms with Gasteiger partial charge in [-0.05, 0) is 32.9 Å². The number of hydrogen-bond donors (Lipinski definition) is 0. The van der Waals surface area contributed by atoms with Crippen LogP contribution in [0.4, 0.5) is 4.79 Å². The molecule has 0 aliphatic carbocycles. The molecule has 1 aromatic heterocycles. The molecule has 1 amide bonds. The number of carbonyl (C=O) groups is 2. The molecule has 30 heavy (non-hydrogen) atoms. The molecule has 0 N–H and O–H groups in total. The lowest BCUT2D eigenvalue weighted by molar-refractivity contribution is -0.145. The first-order chi connectivity index (χ1) is 14.1. The van der Waals surface area contributed by atoms with Gasteiger partial charge in [-0.3, -0.25) is 4.90 Å². The molecule has 1 saturated heterocycles. The normalized spacial score (nSPS) is 18.9. The molecule has 1 aliphatic heterocycles. The molecule has 2 heterocycles. The molecule has 9 heteroatoms. The number of fused-ring (bicyclic) bond motifs is 1. The fourth-order valence-corrected chi connectivity index (χ4v) is 3.50. The highest BCUT2D eigenvalue weighted by Crippen LogP contribution is 2.33. The lowest BCUT2D eigenvalue weighted by atomic mass is 10.1. The van der Waals surface area contributed by atoms with E-state index < -0.39 is 29.8 Å². The summed E-state index contributed by atoms with van der Waals surface area (Å²) in [7, 11) is 2.85. The number of methoxy groups -OCH3 is 2. The fourth-order valence-electron chi connectivity index (χ4n) is 3.31. The fraction of sp³-hybridized carbons (Fsp3) is 0.476.